The Hall–Kier alpha value is -0.770. The van der Waals surface area contributed by atoms with Gasteiger partial charge in [-0.1, -0.05) is 31.5 Å². The first-order chi connectivity index (χ1) is 10.2. The van der Waals surface area contributed by atoms with Gasteiger partial charge >= 0.3 is 0 Å². The molecule has 0 aromatic heterocycles. The van der Waals surface area contributed by atoms with Gasteiger partial charge in [0.05, 0.1) is 10.7 Å². The molecule has 0 bridgehead atoms. The van der Waals surface area contributed by atoms with Crippen molar-refractivity contribution in [3.63, 3.8) is 0 Å². The maximum atomic E-state index is 6.57. The van der Waals surface area contributed by atoms with E-state index in [9.17, 15) is 0 Å². The molecule has 0 spiro atoms. The zero-order chi connectivity index (χ0) is 15.2. The molecule has 1 unspecified atom stereocenters. The second-order valence-electron chi connectivity index (χ2n) is 5.94. The van der Waals surface area contributed by atoms with Gasteiger partial charge in [-0.15, -0.1) is 0 Å². The van der Waals surface area contributed by atoms with E-state index in [1.807, 2.05) is 0 Å². The van der Waals surface area contributed by atoms with Crippen molar-refractivity contribution >= 4 is 17.3 Å². The number of likely N-dealkylation sites (N-methyl/N-ethyl adjacent to an activating group) is 1. The highest BCUT2D eigenvalue weighted by molar-refractivity contribution is 6.33. The summed E-state index contributed by atoms with van der Waals surface area (Å²) in [7, 11) is 2.22. The van der Waals surface area contributed by atoms with Crippen LogP contribution in [0.4, 0.5) is 5.69 Å². The molecular weight excluding hydrogens is 282 g/mol. The molecule has 1 fully saturated rings. The quantitative estimate of drug-likeness (QED) is 0.899. The maximum absolute atomic E-state index is 6.57. The van der Waals surface area contributed by atoms with Crippen molar-refractivity contribution in [1.82, 2.24) is 10.2 Å². The van der Waals surface area contributed by atoms with Crippen LogP contribution >= 0.6 is 11.6 Å². The molecule has 1 aliphatic heterocycles. The minimum Gasteiger partial charge on any atom is -0.366 e. The Morgan fingerprint density at radius 3 is 2.76 bits per heavy atom. The molecule has 1 aromatic rings. The van der Waals surface area contributed by atoms with Gasteiger partial charge in [-0.25, -0.2) is 0 Å². The van der Waals surface area contributed by atoms with Gasteiger partial charge in [0.25, 0.3) is 0 Å². The average molecular weight is 310 g/mol. The molecule has 1 aliphatic rings. The smallest absolute Gasteiger partial charge is 0.0642 e. The Bertz CT molecular complexity index is 450. The standard InChI is InChI=1S/C17H28ClN3/c1-4-15-13-20(3)9-6-10-21(15)17-8-7-14(11-16(17)18)12-19-5-2/h7-8,11,15,19H,4-6,9-10,12-13H2,1-3H3. The van der Waals surface area contributed by atoms with Crippen LogP contribution in [0.3, 0.4) is 0 Å². The minimum atomic E-state index is 0.551. The Labute approximate surface area is 134 Å². The highest BCUT2D eigenvalue weighted by Crippen LogP contribution is 2.30. The number of rotatable bonds is 5. The zero-order valence-electron chi connectivity index (χ0n) is 13.5. The molecule has 0 aliphatic carbocycles. The number of nitrogens with one attached hydrogen (secondary N) is 1. The van der Waals surface area contributed by atoms with Crippen LogP contribution < -0.4 is 10.2 Å². The van der Waals surface area contributed by atoms with Crippen LogP contribution in [0.5, 0.6) is 0 Å². The van der Waals surface area contributed by atoms with Gasteiger partial charge in [0.2, 0.25) is 0 Å². The van der Waals surface area contributed by atoms with Gasteiger partial charge in [0.1, 0.15) is 0 Å². The lowest BCUT2D eigenvalue weighted by Gasteiger charge is -2.33. The van der Waals surface area contributed by atoms with Crippen LogP contribution in [0.25, 0.3) is 0 Å². The topological polar surface area (TPSA) is 18.5 Å². The van der Waals surface area contributed by atoms with Gasteiger partial charge in [-0.2, -0.15) is 0 Å². The molecule has 1 heterocycles. The number of hydrogen-bond acceptors (Lipinski definition) is 3. The second-order valence-corrected chi connectivity index (χ2v) is 6.34. The third-order valence-corrected chi connectivity index (χ3v) is 4.58. The summed E-state index contributed by atoms with van der Waals surface area (Å²) >= 11 is 6.57. The van der Waals surface area contributed by atoms with E-state index in [-0.39, 0.29) is 0 Å². The lowest BCUT2D eigenvalue weighted by molar-refractivity contribution is 0.328. The highest BCUT2D eigenvalue weighted by Gasteiger charge is 2.23. The molecule has 1 saturated heterocycles. The molecule has 4 heteroatoms. The molecule has 1 N–H and O–H groups in total. The maximum Gasteiger partial charge on any atom is 0.0642 e. The first-order valence-corrected chi connectivity index (χ1v) is 8.47. The van der Waals surface area contributed by atoms with Crippen LogP contribution in [0.1, 0.15) is 32.3 Å². The summed E-state index contributed by atoms with van der Waals surface area (Å²) in [5.41, 5.74) is 2.45. The number of benzene rings is 1. The van der Waals surface area contributed by atoms with Crippen LogP contribution in [0.2, 0.25) is 5.02 Å². The van der Waals surface area contributed by atoms with E-state index in [1.165, 1.54) is 24.2 Å². The molecule has 1 atom stereocenters. The molecule has 0 radical (unpaired) electrons. The summed E-state index contributed by atoms with van der Waals surface area (Å²) in [4.78, 5) is 4.93. The predicted octanol–water partition coefficient (Wildman–Crippen LogP) is 3.37. The molecule has 3 nitrogen and oxygen atoms in total. The summed E-state index contributed by atoms with van der Waals surface area (Å²) in [5.74, 6) is 0. The number of anilines is 1. The number of hydrogen-bond donors (Lipinski definition) is 1. The van der Waals surface area contributed by atoms with E-state index in [0.717, 1.165) is 37.6 Å². The van der Waals surface area contributed by atoms with E-state index >= 15 is 0 Å². The SMILES string of the molecule is CCNCc1ccc(N2CCCN(C)CC2CC)c(Cl)c1. The van der Waals surface area contributed by atoms with Gasteiger partial charge in [0, 0.05) is 25.7 Å². The van der Waals surface area contributed by atoms with Crippen LogP contribution in [-0.2, 0) is 6.54 Å². The summed E-state index contributed by atoms with van der Waals surface area (Å²) < 4.78 is 0. The Morgan fingerprint density at radius 2 is 2.10 bits per heavy atom. The van der Waals surface area contributed by atoms with E-state index in [4.69, 9.17) is 11.6 Å². The van der Waals surface area contributed by atoms with Crippen LogP contribution in [0, 0.1) is 0 Å². The summed E-state index contributed by atoms with van der Waals surface area (Å²) in [6.07, 6.45) is 2.35. The van der Waals surface area contributed by atoms with E-state index in [2.05, 4.69) is 54.2 Å². The Kier molecular flexibility index (Phi) is 6.34. The van der Waals surface area contributed by atoms with Crippen molar-refractivity contribution in [3.8, 4) is 0 Å². The Morgan fingerprint density at radius 1 is 1.29 bits per heavy atom. The molecule has 1 aromatic carbocycles. The normalized spacial score (nSPS) is 20.6. The molecule has 0 saturated carbocycles. The summed E-state index contributed by atoms with van der Waals surface area (Å²) in [6.45, 7) is 9.64. The van der Waals surface area contributed by atoms with Crippen molar-refractivity contribution in [1.29, 1.82) is 0 Å². The molecule has 0 amide bonds. The first-order valence-electron chi connectivity index (χ1n) is 8.10. The van der Waals surface area contributed by atoms with Gasteiger partial charge < -0.3 is 15.1 Å². The monoisotopic (exact) mass is 309 g/mol. The fraction of sp³-hybridized carbons (Fsp3) is 0.647. The lowest BCUT2D eigenvalue weighted by atomic mass is 10.1. The third kappa shape index (κ3) is 4.35. The Balaban J connectivity index is 2.18. The molecule has 118 valence electrons. The molecule has 2 rings (SSSR count). The zero-order valence-corrected chi connectivity index (χ0v) is 14.3. The van der Waals surface area contributed by atoms with E-state index < -0.39 is 0 Å². The van der Waals surface area contributed by atoms with Crippen molar-refractivity contribution in [3.05, 3.63) is 28.8 Å². The van der Waals surface area contributed by atoms with Crippen molar-refractivity contribution in [2.75, 3.05) is 38.1 Å². The van der Waals surface area contributed by atoms with Crippen molar-refractivity contribution < 1.29 is 0 Å². The summed E-state index contributed by atoms with van der Waals surface area (Å²) in [6, 6.07) is 7.06. The van der Waals surface area contributed by atoms with E-state index in [1.54, 1.807) is 0 Å². The van der Waals surface area contributed by atoms with Gasteiger partial charge in [-0.05, 0) is 50.7 Å². The van der Waals surface area contributed by atoms with Crippen LogP contribution in [-0.4, -0.2) is 44.2 Å². The lowest BCUT2D eigenvalue weighted by Crippen LogP contribution is -2.40. The largest absolute Gasteiger partial charge is 0.366 e. The average Bonchev–Trinajstić information content (AvgIpc) is 2.66. The van der Waals surface area contributed by atoms with Crippen molar-refractivity contribution in [2.24, 2.45) is 0 Å². The predicted molar refractivity (Wildman–Crippen MR) is 92.4 cm³/mol. The molecule has 21 heavy (non-hydrogen) atoms. The fourth-order valence-electron chi connectivity index (χ4n) is 3.07. The fourth-order valence-corrected chi connectivity index (χ4v) is 3.38. The number of halogens is 1. The van der Waals surface area contributed by atoms with Crippen molar-refractivity contribution in [2.45, 2.75) is 39.3 Å². The van der Waals surface area contributed by atoms with Crippen LogP contribution in [0.15, 0.2) is 18.2 Å². The van der Waals surface area contributed by atoms with Gasteiger partial charge in [-0.3, -0.25) is 0 Å². The van der Waals surface area contributed by atoms with Gasteiger partial charge in [0.15, 0.2) is 0 Å². The number of nitrogens with zero attached hydrogens (tertiary/aromatic N) is 2. The third-order valence-electron chi connectivity index (χ3n) is 4.27. The second kappa shape index (κ2) is 8.02. The molecular formula is C17H28ClN3. The van der Waals surface area contributed by atoms with E-state index in [0.29, 0.717) is 6.04 Å². The highest BCUT2D eigenvalue weighted by atomic mass is 35.5. The summed E-state index contributed by atoms with van der Waals surface area (Å²) in [5, 5.41) is 4.23. The first kappa shape index (κ1) is 16.6. The minimum absolute atomic E-state index is 0.551.